The molecule has 114 valence electrons. The van der Waals surface area contributed by atoms with Crippen molar-refractivity contribution < 1.29 is 15.3 Å². The minimum Gasteiger partial charge on any atom is -0.508 e. The molecule has 0 saturated heterocycles. The third-order valence-electron chi connectivity index (χ3n) is 6.68. The van der Waals surface area contributed by atoms with Crippen molar-refractivity contribution in [2.45, 2.75) is 57.2 Å². The van der Waals surface area contributed by atoms with Crippen LogP contribution in [-0.4, -0.2) is 27.5 Å². The van der Waals surface area contributed by atoms with Gasteiger partial charge >= 0.3 is 0 Å². The first-order valence-electron chi connectivity index (χ1n) is 8.18. The van der Waals surface area contributed by atoms with Gasteiger partial charge in [-0.3, -0.25) is 0 Å². The molecule has 0 bridgehead atoms. The zero-order valence-corrected chi connectivity index (χ0v) is 12.5. The predicted molar refractivity (Wildman–Crippen MR) is 80.1 cm³/mol. The SMILES string of the molecule is C[C@]12CC[C@@H]3c4ccc(O)cc4CCC3[C@@H]1C[C@@H](O)C2O. The molecule has 3 nitrogen and oxygen atoms in total. The number of aliphatic hydroxyl groups excluding tert-OH is 2. The van der Waals surface area contributed by atoms with Crippen molar-refractivity contribution in [1.82, 2.24) is 0 Å². The molecule has 3 aliphatic carbocycles. The lowest BCUT2D eigenvalue weighted by Gasteiger charge is -2.49. The molecule has 3 aliphatic rings. The van der Waals surface area contributed by atoms with E-state index in [2.05, 4.69) is 13.0 Å². The Hall–Kier alpha value is -1.06. The van der Waals surface area contributed by atoms with Crippen LogP contribution in [0.5, 0.6) is 5.75 Å². The third-order valence-corrected chi connectivity index (χ3v) is 6.68. The summed E-state index contributed by atoms with van der Waals surface area (Å²) in [5, 5.41) is 30.2. The largest absolute Gasteiger partial charge is 0.508 e. The van der Waals surface area contributed by atoms with Crippen molar-refractivity contribution in [3.63, 3.8) is 0 Å². The maximum Gasteiger partial charge on any atom is 0.115 e. The van der Waals surface area contributed by atoms with Crippen molar-refractivity contribution in [3.05, 3.63) is 29.3 Å². The number of fused-ring (bicyclic) bond motifs is 5. The van der Waals surface area contributed by atoms with Crippen LogP contribution < -0.4 is 0 Å². The molecule has 0 heterocycles. The monoisotopic (exact) mass is 288 g/mol. The van der Waals surface area contributed by atoms with Crippen molar-refractivity contribution in [2.75, 3.05) is 0 Å². The molecule has 2 fully saturated rings. The van der Waals surface area contributed by atoms with Gasteiger partial charge in [-0.05, 0) is 78.5 Å². The van der Waals surface area contributed by atoms with Crippen LogP contribution in [-0.2, 0) is 6.42 Å². The van der Waals surface area contributed by atoms with Gasteiger partial charge in [0.25, 0.3) is 0 Å². The highest BCUT2D eigenvalue weighted by Crippen LogP contribution is 2.60. The molecule has 2 saturated carbocycles. The predicted octanol–water partition coefficient (Wildman–Crippen LogP) is 2.58. The van der Waals surface area contributed by atoms with Gasteiger partial charge in [0.2, 0.25) is 0 Å². The fourth-order valence-corrected chi connectivity index (χ4v) is 5.56. The number of hydrogen-bond donors (Lipinski definition) is 3. The molecule has 3 heteroatoms. The van der Waals surface area contributed by atoms with E-state index in [4.69, 9.17) is 0 Å². The number of aromatic hydroxyl groups is 1. The Balaban J connectivity index is 1.71. The summed E-state index contributed by atoms with van der Waals surface area (Å²) < 4.78 is 0. The highest BCUT2D eigenvalue weighted by molar-refractivity contribution is 5.40. The van der Waals surface area contributed by atoms with Crippen molar-refractivity contribution in [1.29, 1.82) is 0 Å². The van der Waals surface area contributed by atoms with Gasteiger partial charge in [-0.2, -0.15) is 0 Å². The minimum absolute atomic E-state index is 0.116. The second kappa shape index (κ2) is 4.47. The zero-order chi connectivity index (χ0) is 14.8. The summed E-state index contributed by atoms with van der Waals surface area (Å²) in [4.78, 5) is 0. The summed E-state index contributed by atoms with van der Waals surface area (Å²) in [6.45, 7) is 2.17. The molecule has 0 aromatic heterocycles. The average molecular weight is 288 g/mol. The Kier molecular flexibility index (Phi) is 2.89. The summed E-state index contributed by atoms with van der Waals surface area (Å²) in [6.07, 6.45) is 3.80. The lowest BCUT2D eigenvalue weighted by Crippen LogP contribution is -2.44. The van der Waals surface area contributed by atoms with Crippen LogP contribution in [0.3, 0.4) is 0 Å². The van der Waals surface area contributed by atoms with Crippen LogP contribution in [0.25, 0.3) is 0 Å². The molecule has 0 amide bonds. The molecule has 4 rings (SSSR count). The molecule has 0 spiro atoms. The van der Waals surface area contributed by atoms with Gasteiger partial charge < -0.3 is 15.3 Å². The Morgan fingerprint density at radius 1 is 1.19 bits per heavy atom. The van der Waals surface area contributed by atoms with Crippen LogP contribution in [0.4, 0.5) is 0 Å². The smallest absolute Gasteiger partial charge is 0.115 e. The van der Waals surface area contributed by atoms with E-state index in [1.165, 1.54) is 11.1 Å². The summed E-state index contributed by atoms with van der Waals surface area (Å²) in [5.74, 6) is 1.88. The summed E-state index contributed by atoms with van der Waals surface area (Å²) >= 11 is 0. The van der Waals surface area contributed by atoms with Crippen LogP contribution in [0, 0.1) is 17.3 Å². The van der Waals surface area contributed by atoms with E-state index < -0.39 is 12.2 Å². The van der Waals surface area contributed by atoms with Crippen LogP contribution >= 0.6 is 0 Å². The highest BCUT2D eigenvalue weighted by Gasteiger charge is 2.57. The Morgan fingerprint density at radius 3 is 2.81 bits per heavy atom. The minimum atomic E-state index is -0.565. The number of aryl methyl sites for hydroxylation is 1. The van der Waals surface area contributed by atoms with E-state index in [0.29, 0.717) is 23.5 Å². The quantitative estimate of drug-likeness (QED) is 0.687. The summed E-state index contributed by atoms with van der Waals surface area (Å²) in [7, 11) is 0. The molecular formula is C18H24O3. The number of benzene rings is 1. The van der Waals surface area contributed by atoms with Gasteiger partial charge in [0, 0.05) is 0 Å². The Bertz CT molecular complexity index is 570. The topological polar surface area (TPSA) is 60.7 Å². The molecule has 21 heavy (non-hydrogen) atoms. The van der Waals surface area contributed by atoms with E-state index in [-0.39, 0.29) is 5.41 Å². The van der Waals surface area contributed by atoms with Gasteiger partial charge in [0.05, 0.1) is 12.2 Å². The fourth-order valence-electron chi connectivity index (χ4n) is 5.56. The third kappa shape index (κ3) is 1.80. The highest BCUT2D eigenvalue weighted by atomic mass is 16.3. The first-order valence-corrected chi connectivity index (χ1v) is 8.18. The second-order valence-electron chi connectivity index (χ2n) is 7.59. The van der Waals surface area contributed by atoms with E-state index in [1.54, 1.807) is 6.07 Å². The standard InChI is InChI=1S/C18H24O3/c1-18-7-6-13-12-5-3-11(19)8-10(12)2-4-14(13)15(18)9-16(20)17(18)21/h3,5,8,13-17,19-21H,2,4,6-7,9H2,1H3/t13-,14?,15+,16-,17?,18+/m1/s1. The van der Waals surface area contributed by atoms with E-state index in [1.807, 2.05) is 6.07 Å². The van der Waals surface area contributed by atoms with Crippen molar-refractivity contribution in [2.24, 2.45) is 17.3 Å². The lowest BCUT2D eigenvalue weighted by molar-refractivity contribution is -0.0505. The van der Waals surface area contributed by atoms with Crippen molar-refractivity contribution in [3.8, 4) is 5.75 Å². The zero-order valence-electron chi connectivity index (χ0n) is 12.5. The molecule has 2 unspecified atom stereocenters. The molecule has 1 aromatic carbocycles. The molecular weight excluding hydrogens is 264 g/mol. The fraction of sp³-hybridized carbons (Fsp3) is 0.667. The van der Waals surface area contributed by atoms with Crippen molar-refractivity contribution >= 4 is 0 Å². The maximum atomic E-state index is 10.4. The van der Waals surface area contributed by atoms with Gasteiger partial charge in [0.15, 0.2) is 0 Å². The van der Waals surface area contributed by atoms with Crippen LogP contribution in [0.1, 0.15) is 49.7 Å². The van der Waals surface area contributed by atoms with E-state index in [9.17, 15) is 15.3 Å². The molecule has 1 aromatic rings. The van der Waals surface area contributed by atoms with Gasteiger partial charge in [0.1, 0.15) is 5.75 Å². The Morgan fingerprint density at radius 2 is 2.00 bits per heavy atom. The summed E-state index contributed by atoms with van der Waals surface area (Å²) in [5.41, 5.74) is 2.57. The van der Waals surface area contributed by atoms with Gasteiger partial charge in [-0.15, -0.1) is 0 Å². The maximum absolute atomic E-state index is 10.4. The van der Waals surface area contributed by atoms with E-state index in [0.717, 1.165) is 32.1 Å². The lowest BCUT2D eigenvalue weighted by atomic mass is 9.55. The number of aliphatic hydroxyl groups is 2. The van der Waals surface area contributed by atoms with E-state index >= 15 is 0 Å². The number of rotatable bonds is 0. The first-order chi connectivity index (χ1) is 10.0. The second-order valence-corrected chi connectivity index (χ2v) is 7.59. The molecule has 0 radical (unpaired) electrons. The average Bonchev–Trinajstić information content (AvgIpc) is 2.70. The first kappa shape index (κ1) is 13.6. The van der Waals surface area contributed by atoms with Crippen LogP contribution in [0.2, 0.25) is 0 Å². The number of hydrogen-bond acceptors (Lipinski definition) is 3. The summed E-state index contributed by atoms with van der Waals surface area (Å²) in [6, 6.07) is 5.80. The molecule has 6 atom stereocenters. The number of phenols is 1. The number of phenolic OH excluding ortho intramolecular Hbond substituents is 1. The van der Waals surface area contributed by atoms with Gasteiger partial charge in [-0.1, -0.05) is 13.0 Å². The normalized spacial score (nSPS) is 44.8. The molecule has 3 N–H and O–H groups in total. The van der Waals surface area contributed by atoms with Crippen LogP contribution in [0.15, 0.2) is 18.2 Å². The van der Waals surface area contributed by atoms with Gasteiger partial charge in [-0.25, -0.2) is 0 Å². The Labute approximate surface area is 125 Å². The molecule has 0 aliphatic heterocycles.